The Morgan fingerprint density at radius 3 is 2.23 bits per heavy atom. The fraction of sp³-hybridized carbons (Fsp3) is 0.481. The van der Waals surface area contributed by atoms with E-state index in [2.05, 4.69) is 35.0 Å². The third-order valence-corrected chi connectivity index (χ3v) is 7.02. The molecule has 0 aliphatic carbocycles. The minimum atomic E-state index is -0.189. The van der Waals surface area contributed by atoms with E-state index in [1.54, 1.807) is 23.1 Å². The zero-order chi connectivity index (χ0) is 25.0. The number of halogens is 2. The number of amides is 3. The molecule has 0 atom stereocenters. The van der Waals surface area contributed by atoms with E-state index < -0.39 is 0 Å². The molecule has 3 N–H and O–H groups in total. The zero-order valence-corrected chi connectivity index (χ0v) is 21.9. The highest BCUT2D eigenvalue weighted by molar-refractivity contribution is 6.39. The van der Waals surface area contributed by atoms with Gasteiger partial charge in [0.1, 0.15) is 0 Å². The number of anilines is 2. The van der Waals surface area contributed by atoms with Crippen molar-refractivity contribution >= 4 is 46.5 Å². The molecule has 0 saturated carbocycles. The molecular weight excluding hydrogens is 483 g/mol. The molecule has 1 heterocycles. The van der Waals surface area contributed by atoms with Crippen molar-refractivity contribution in [2.45, 2.75) is 57.8 Å². The van der Waals surface area contributed by atoms with Gasteiger partial charge in [0.25, 0.3) is 0 Å². The van der Waals surface area contributed by atoms with Crippen molar-refractivity contribution in [3.63, 3.8) is 0 Å². The van der Waals surface area contributed by atoms with Gasteiger partial charge in [0.2, 0.25) is 5.91 Å². The Kier molecular flexibility index (Phi) is 11.2. The number of rotatable bonds is 11. The first kappa shape index (κ1) is 27.3. The van der Waals surface area contributed by atoms with Crippen LogP contribution in [0.2, 0.25) is 10.0 Å². The molecule has 1 fully saturated rings. The van der Waals surface area contributed by atoms with Crippen LogP contribution >= 0.6 is 23.2 Å². The number of piperidine rings is 1. The van der Waals surface area contributed by atoms with E-state index >= 15 is 0 Å². The summed E-state index contributed by atoms with van der Waals surface area (Å²) < 4.78 is 0. The fourth-order valence-electron chi connectivity index (χ4n) is 4.32. The number of nitrogens with one attached hydrogen (secondary N) is 3. The summed E-state index contributed by atoms with van der Waals surface area (Å²) in [6, 6.07) is 13.0. The summed E-state index contributed by atoms with van der Waals surface area (Å²) in [4.78, 5) is 26.6. The first-order valence-corrected chi connectivity index (χ1v) is 13.3. The fourth-order valence-corrected chi connectivity index (χ4v) is 4.81. The summed E-state index contributed by atoms with van der Waals surface area (Å²) in [5.74, 6) is 0.353. The van der Waals surface area contributed by atoms with Crippen LogP contribution in [-0.2, 0) is 4.79 Å². The maximum Gasteiger partial charge on any atom is 0.321 e. The number of likely N-dealkylation sites (tertiary alicyclic amines) is 1. The standard InChI is InChI=1S/C27H36Cl2N4O2/c1-2-3-4-5-6-16-30-19-25(34)31-22-12-10-20(11-13-22)21-14-17-33(18-15-21)27(35)32-26-23(28)8-7-9-24(26)29/h7-13,21,30H,2-6,14-19H2,1H3,(H,31,34)(H,32,35). The molecule has 1 aliphatic heterocycles. The highest BCUT2D eigenvalue weighted by Crippen LogP contribution is 2.32. The van der Waals surface area contributed by atoms with Gasteiger partial charge < -0.3 is 20.9 Å². The molecule has 2 aromatic rings. The molecule has 3 rings (SSSR count). The van der Waals surface area contributed by atoms with E-state index in [0.717, 1.165) is 31.5 Å². The van der Waals surface area contributed by atoms with Crippen LogP contribution < -0.4 is 16.0 Å². The molecule has 0 spiro atoms. The Morgan fingerprint density at radius 1 is 0.914 bits per heavy atom. The Morgan fingerprint density at radius 2 is 1.57 bits per heavy atom. The highest BCUT2D eigenvalue weighted by atomic mass is 35.5. The van der Waals surface area contributed by atoms with E-state index in [0.29, 0.717) is 41.3 Å². The lowest BCUT2D eigenvalue weighted by molar-refractivity contribution is -0.115. The number of urea groups is 1. The van der Waals surface area contributed by atoms with E-state index in [4.69, 9.17) is 23.2 Å². The average Bonchev–Trinajstić information content (AvgIpc) is 2.86. The Hall–Kier alpha value is -2.28. The van der Waals surface area contributed by atoms with E-state index in [1.165, 1.54) is 31.2 Å². The average molecular weight is 520 g/mol. The van der Waals surface area contributed by atoms with Gasteiger partial charge in [0, 0.05) is 18.8 Å². The Bertz CT molecular complexity index is 940. The summed E-state index contributed by atoms with van der Waals surface area (Å²) in [6.07, 6.45) is 7.85. The third-order valence-electron chi connectivity index (χ3n) is 6.39. The van der Waals surface area contributed by atoms with Crippen LogP contribution in [0, 0.1) is 0 Å². The highest BCUT2D eigenvalue weighted by Gasteiger charge is 2.24. The lowest BCUT2D eigenvalue weighted by Crippen LogP contribution is -2.40. The normalized spacial score (nSPS) is 14.1. The molecule has 1 saturated heterocycles. The number of nitrogens with zero attached hydrogens (tertiary/aromatic N) is 1. The van der Waals surface area contributed by atoms with Crippen molar-refractivity contribution in [1.82, 2.24) is 10.2 Å². The summed E-state index contributed by atoms with van der Waals surface area (Å²) >= 11 is 12.3. The molecular formula is C27H36Cl2N4O2. The first-order chi connectivity index (χ1) is 17.0. The molecule has 0 unspecified atom stereocenters. The van der Waals surface area contributed by atoms with Gasteiger partial charge >= 0.3 is 6.03 Å². The second-order valence-electron chi connectivity index (χ2n) is 9.05. The van der Waals surface area contributed by atoms with Crippen LogP contribution in [-0.4, -0.2) is 43.0 Å². The molecule has 0 aromatic heterocycles. The summed E-state index contributed by atoms with van der Waals surface area (Å²) in [6.45, 7) is 4.72. The van der Waals surface area contributed by atoms with E-state index in [1.807, 2.05) is 12.1 Å². The number of hydrogen-bond donors (Lipinski definition) is 3. The molecule has 0 radical (unpaired) electrons. The van der Waals surface area contributed by atoms with Gasteiger partial charge in [0.15, 0.2) is 0 Å². The van der Waals surface area contributed by atoms with Crippen molar-refractivity contribution < 1.29 is 9.59 Å². The predicted octanol–water partition coefficient (Wildman–Crippen LogP) is 6.90. The van der Waals surface area contributed by atoms with E-state index in [-0.39, 0.29) is 11.9 Å². The molecule has 190 valence electrons. The van der Waals surface area contributed by atoms with Gasteiger partial charge in [-0.1, -0.05) is 74.0 Å². The smallest absolute Gasteiger partial charge is 0.321 e. The second-order valence-corrected chi connectivity index (χ2v) is 9.86. The number of para-hydroxylation sites is 1. The monoisotopic (exact) mass is 518 g/mol. The molecule has 8 heteroatoms. The second kappa shape index (κ2) is 14.3. The maximum absolute atomic E-state index is 12.7. The number of unbranched alkanes of at least 4 members (excludes halogenated alkanes) is 4. The van der Waals surface area contributed by atoms with Gasteiger partial charge in [-0.3, -0.25) is 4.79 Å². The van der Waals surface area contributed by atoms with Crippen LogP contribution in [0.5, 0.6) is 0 Å². The van der Waals surface area contributed by atoms with Crippen LogP contribution in [0.25, 0.3) is 0 Å². The van der Waals surface area contributed by atoms with Crippen LogP contribution in [0.1, 0.15) is 63.4 Å². The summed E-state index contributed by atoms with van der Waals surface area (Å²) in [5.41, 5.74) is 2.47. The number of carbonyl (C=O) groups excluding carboxylic acids is 2. The SMILES string of the molecule is CCCCCCCNCC(=O)Nc1ccc(C2CCN(C(=O)Nc3c(Cl)cccc3Cl)CC2)cc1. The first-order valence-electron chi connectivity index (χ1n) is 12.6. The van der Waals surface area contributed by atoms with E-state index in [9.17, 15) is 9.59 Å². The van der Waals surface area contributed by atoms with Gasteiger partial charge in [-0.05, 0) is 61.6 Å². The molecule has 35 heavy (non-hydrogen) atoms. The zero-order valence-electron chi connectivity index (χ0n) is 20.4. The van der Waals surface area contributed by atoms with Crippen molar-refractivity contribution in [2.24, 2.45) is 0 Å². The number of carbonyl (C=O) groups is 2. The topological polar surface area (TPSA) is 73.5 Å². The summed E-state index contributed by atoms with van der Waals surface area (Å²) in [5, 5.41) is 9.85. The lowest BCUT2D eigenvalue weighted by Gasteiger charge is -2.32. The van der Waals surface area contributed by atoms with Crippen molar-refractivity contribution in [1.29, 1.82) is 0 Å². The van der Waals surface area contributed by atoms with Gasteiger partial charge in [-0.15, -0.1) is 0 Å². The van der Waals surface area contributed by atoms with Gasteiger partial charge in [0.05, 0.1) is 22.3 Å². The van der Waals surface area contributed by atoms with Crippen LogP contribution in [0.3, 0.4) is 0 Å². The predicted molar refractivity (Wildman–Crippen MR) is 146 cm³/mol. The number of benzene rings is 2. The van der Waals surface area contributed by atoms with Crippen LogP contribution in [0.4, 0.5) is 16.2 Å². The van der Waals surface area contributed by atoms with Crippen molar-refractivity contribution in [3.8, 4) is 0 Å². The molecule has 0 bridgehead atoms. The summed E-state index contributed by atoms with van der Waals surface area (Å²) in [7, 11) is 0. The molecule has 6 nitrogen and oxygen atoms in total. The number of hydrogen-bond acceptors (Lipinski definition) is 3. The maximum atomic E-state index is 12.7. The van der Waals surface area contributed by atoms with Crippen molar-refractivity contribution in [2.75, 3.05) is 36.8 Å². The Balaban J connectivity index is 1.39. The Labute approximate surface area is 218 Å². The van der Waals surface area contributed by atoms with Gasteiger partial charge in [-0.25, -0.2) is 4.79 Å². The quantitative estimate of drug-likeness (QED) is 0.283. The third kappa shape index (κ3) is 8.71. The van der Waals surface area contributed by atoms with Crippen molar-refractivity contribution in [3.05, 3.63) is 58.1 Å². The van der Waals surface area contributed by atoms with Gasteiger partial charge in [-0.2, -0.15) is 0 Å². The molecule has 3 amide bonds. The molecule has 2 aromatic carbocycles. The van der Waals surface area contributed by atoms with Crippen LogP contribution in [0.15, 0.2) is 42.5 Å². The molecule has 1 aliphatic rings. The lowest BCUT2D eigenvalue weighted by atomic mass is 9.89. The minimum Gasteiger partial charge on any atom is -0.325 e. The largest absolute Gasteiger partial charge is 0.325 e. The minimum absolute atomic E-state index is 0.0238.